The molecule has 9 heteroatoms. The number of anilines is 1. The lowest BCUT2D eigenvalue weighted by Gasteiger charge is -2.38. The molecule has 3 heterocycles. The van der Waals surface area contributed by atoms with Gasteiger partial charge in [0.05, 0.1) is 10.3 Å². The maximum atomic E-state index is 13.1. The molecule has 4 rings (SSSR count). The van der Waals surface area contributed by atoms with Gasteiger partial charge < -0.3 is 5.73 Å². The van der Waals surface area contributed by atoms with E-state index >= 15 is 0 Å². The van der Waals surface area contributed by atoms with Crippen molar-refractivity contribution in [2.24, 2.45) is 5.73 Å². The fourth-order valence-corrected chi connectivity index (χ4v) is 4.89. The summed E-state index contributed by atoms with van der Waals surface area (Å²) in [7, 11) is -1.82. The Labute approximate surface area is 164 Å². The van der Waals surface area contributed by atoms with Gasteiger partial charge in [-0.2, -0.15) is 0 Å². The first-order valence-corrected chi connectivity index (χ1v) is 10.7. The average molecular weight is 401 g/mol. The van der Waals surface area contributed by atoms with Crippen molar-refractivity contribution in [3.63, 3.8) is 0 Å². The zero-order chi connectivity index (χ0) is 19.9. The summed E-state index contributed by atoms with van der Waals surface area (Å²) in [6.45, 7) is 3.55. The number of aryl methyl sites for hydroxylation is 1. The molecule has 28 heavy (non-hydrogen) atoms. The van der Waals surface area contributed by atoms with Crippen molar-refractivity contribution in [1.82, 2.24) is 18.9 Å². The van der Waals surface area contributed by atoms with Gasteiger partial charge in [-0.15, -0.1) is 0 Å². The molecule has 2 N–H and O–H groups in total. The molecule has 0 bridgehead atoms. The van der Waals surface area contributed by atoms with E-state index in [4.69, 9.17) is 5.73 Å². The molecule has 3 aromatic rings. The van der Waals surface area contributed by atoms with Crippen LogP contribution in [0.5, 0.6) is 0 Å². The number of nitrogens with two attached hydrogens (primary N) is 1. The Morgan fingerprint density at radius 1 is 1.18 bits per heavy atom. The zero-order valence-corrected chi connectivity index (χ0v) is 16.8. The van der Waals surface area contributed by atoms with E-state index in [1.165, 1.54) is 16.5 Å². The second-order valence-corrected chi connectivity index (χ2v) is 9.02. The zero-order valence-electron chi connectivity index (χ0n) is 16.0. The first-order valence-electron chi connectivity index (χ1n) is 9.26. The SMILES string of the molecule is Cc1ccc(S(=O)(=O)n2ccc3c(N(C)N4CCCC(N)C4)ncnc32)cc1. The van der Waals surface area contributed by atoms with Crippen molar-refractivity contribution in [2.75, 3.05) is 25.1 Å². The van der Waals surface area contributed by atoms with Gasteiger partial charge >= 0.3 is 0 Å². The van der Waals surface area contributed by atoms with Gasteiger partial charge in [0.25, 0.3) is 10.0 Å². The lowest BCUT2D eigenvalue weighted by molar-refractivity contribution is 0.200. The summed E-state index contributed by atoms with van der Waals surface area (Å²) in [5, 5.41) is 4.77. The minimum atomic E-state index is -3.74. The van der Waals surface area contributed by atoms with Crippen molar-refractivity contribution < 1.29 is 8.42 Å². The minimum Gasteiger partial charge on any atom is -0.326 e. The van der Waals surface area contributed by atoms with Crippen molar-refractivity contribution >= 4 is 26.9 Å². The monoisotopic (exact) mass is 400 g/mol. The van der Waals surface area contributed by atoms with Crippen LogP contribution in [0.25, 0.3) is 11.0 Å². The first-order chi connectivity index (χ1) is 13.4. The first kappa shape index (κ1) is 18.9. The highest BCUT2D eigenvalue weighted by Crippen LogP contribution is 2.28. The summed E-state index contributed by atoms with van der Waals surface area (Å²) in [5.41, 5.74) is 7.47. The Hall–Kier alpha value is -2.49. The highest BCUT2D eigenvalue weighted by atomic mass is 32.2. The van der Waals surface area contributed by atoms with Crippen LogP contribution >= 0.6 is 0 Å². The number of hydrogen-bond acceptors (Lipinski definition) is 7. The average Bonchev–Trinajstić information content (AvgIpc) is 3.13. The predicted molar refractivity (Wildman–Crippen MR) is 108 cm³/mol. The lowest BCUT2D eigenvalue weighted by Crippen LogP contribution is -2.50. The van der Waals surface area contributed by atoms with E-state index in [-0.39, 0.29) is 10.9 Å². The number of fused-ring (bicyclic) bond motifs is 1. The molecule has 1 unspecified atom stereocenters. The molecule has 1 fully saturated rings. The largest absolute Gasteiger partial charge is 0.326 e. The summed E-state index contributed by atoms with van der Waals surface area (Å²) in [4.78, 5) is 8.90. The molecule has 1 aliphatic heterocycles. The van der Waals surface area contributed by atoms with Crippen LogP contribution in [-0.4, -0.2) is 53.5 Å². The summed E-state index contributed by atoms with van der Waals surface area (Å²) >= 11 is 0. The predicted octanol–water partition coefficient (Wildman–Crippen LogP) is 1.75. The van der Waals surface area contributed by atoms with Crippen molar-refractivity contribution in [1.29, 1.82) is 0 Å². The molecule has 0 saturated carbocycles. The molecular weight excluding hydrogens is 376 g/mol. The molecule has 1 atom stereocenters. The lowest BCUT2D eigenvalue weighted by atomic mass is 10.1. The molecule has 0 radical (unpaired) electrons. The quantitative estimate of drug-likeness (QED) is 0.712. The van der Waals surface area contributed by atoms with Gasteiger partial charge in [0.2, 0.25) is 0 Å². The van der Waals surface area contributed by atoms with Crippen molar-refractivity contribution in [3.05, 3.63) is 48.4 Å². The Morgan fingerprint density at radius 3 is 2.64 bits per heavy atom. The van der Waals surface area contributed by atoms with Crippen LogP contribution in [0.3, 0.4) is 0 Å². The van der Waals surface area contributed by atoms with E-state index in [9.17, 15) is 8.42 Å². The number of hydrogen-bond donors (Lipinski definition) is 1. The highest BCUT2D eigenvalue weighted by molar-refractivity contribution is 7.90. The fraction of sp³-hybridized carbons (Fsp3) is 0.368. The number of hydrazine groups is 1. The van der Waals surface area contributed by atoms with E-state index in [1.54, 1.807) is 30.3 Å². The van der Waals surface area contributed by atoms with E-state index < -0.39 is 10.0 Å². The molecule has 0 spiro atoms. The highest BCUT2D eigenvalue weighted by Gasteiger charge is 2.25. The number of piperidine rings is 1. The molecule has 2 aromatic heterocycles. The normalized spacial score (nSPS) is 18.5. The summed E-state index contributed by atoms with van der Waals surface area (Å²) in [5.74, 6) is 0.664. The number of rotatable bonds is 4. The molecule has 148 valence electrons. The number of aromatic nitrogens is 3. The van der Waals surface area contributed by atoms with Crippen molar-refractivity contribution in [2.45, 2.75) is 30.7 Å². The van der Waals surface area contributed by atoms with Crippen LogP contribution in [-0.2, 0) is 10.0 Å². The van der Waals surface area contributed by atoms with E-state index in [0.29, 0.717) is 16.9 Å². The fourth-order valence-electron chi connectivity index (χ4n) is 3.59. The van der Waals surface area contributed by atoms with Crippen LogP contribution < -0.4 is 10.7 Å². The smallest absolute Gasteiger partial charge is 0.269 e. The topological polar surface area (TPSA) is 97.4 Å². The van der Waals surface area contributed by atoms with Crippen LogP contribution in [0.2, 0.25) is 0 Å². The molecule has 1 saturated heterocycles. The Morgan fingerprint density at radius 2 is 1.93 bits per heavy atom. The van der Waals surface area contributed by atoms with Gasteiger partial charge in [0.15, 0.2) is 11.5 Å². The van der Waals surface area contributed by atoms with E-state index in [2.05, 4.69) is 15.0 Å². The molecule has 0 amide bonds. The van der Waals surface area contributed by atoms with Gasteiger partial charge in [-0.1, -0.05) is 17.7 Å². The van der Waals surface area contributed by atoms with Gasteiger partial charge in [-0.05, 0) is 38.0 Å². The molecule has 0 aliphatic carbocycles. The van der Waals surface area contributed by atoms with Crippen LogP contribution in [0.15, 0.2) is 47.8 Å². The van der Waals surface area contributed by atoms with Gasteiger partial charge in [0.1, 0.15) is 6.33 Å². The van der Waals surface area contributed by atoms with Gasteiger partial charge in [0, 0.05) is 32.4 Å². The third kappa shape index (κ3) is 3.25. The molecule has 8 nitrogen and oxygen atoms in total. The van der Waals surface area contributed by atoms with E-state index in [0.717, 1.165) is 31.5 Å². The third-order valence-electron chi connectivity index (χ3n) is 5.17. The maximum Gasteiger partial charge on any atom is 0.269 e. The van der Waals surface area contributed by atoms with Crippen molar-refractivity contribution in [3.8, 4) is 0 Å². The van der Waals surface area contributed by atoms with E-state index in [1.807, 2.05) is 19.0 Å². The Bertz CT molecular complexity index is 1090. The Balaban J connectivity index is 1.75. The summed E-state index contributed by atoms with van der Waals surface area (Å²) < 4.78 is 27.4. The van der Waals surface area contributed by atoms with Crippen LogP contribution in [0, 0.1) is 6.92 Å². The molecule has 1 aliphatic rings. The Kier molecular flexibility index (Phi) is 4.82. The molecular formula is C19H24N6O2S. The van der Waals surface area contributed by atoms with Crippen LogP contribution in [0.4, 0.5) is 5.82 Å². The molecule has 1 aromatic carbocycles. The summed E-state index contributed by atoms with van der Waals surface area (Å²) in [6, 6.07) is 8.66. The summed E-state index contributed by atoms with van der Waals surface area (Å²) in [6.07, 6.45) is 4.96. The van der Waals surface area contributed by atoms with Gasteiger partial charge in [-0.3, -0.25) is 5.01 Å². The number of benzene rings is 1. The third-order valence-corrected chi connectivity index (χ3v) is 6.85. The second kappa shape index (κ2) is 7.16. The van der Waals surface area contributed by atoms with Crippen LogP contribution in [0.1, 0.15) is 18.4 Å². The van der Waals surface area contributed by atoms with Gasteiger partial charge in [-0.25, -0.2) is 27.4 Å². The maximum absolute atomic E-state index is 13.1. The minimum absolute atomic E-state index is 0.125. The standard InChI is InChI=1S/C19H24N6O2S/c1-14-5-7-16(8-6-14)28(26,27)25-11-9-17-18(21-13-22-19(17)25)23(2)24-10-3-4-15(20)12-24/h5-9,11,13,15H,3-4,10,12,20H2,1-2H3. The second-order valence-electron chi connectivity index (χ2n) is 7.20. The number of nitrogens with zero attached hydrogens (tertiary/aromatic N) is 5.